The molecule has 1 saturated heterocycles. The predicted octanol–water partition coefficient (Wildman–Crippen LogP) is 8.75. The fraction of sp³-hybridized carbons (Fsp3) is 0.750. The summed E-state index contributed by atoms with van der Waals surface area (Å²) < 4.78 is 23.7. The minimum atomic E-state index is -2.83. The van der Waals surface area contributed by atoms with E-state index in [2.05, 4.69) is 64.4 Å². The molecule has 1 aromatic rings. The van der Waals surface area contributed by atoms with E-state index in [0.717, 1.165) is 32.0 Å². The lowest BCUT2D eigenvalue weighted by Crippen LogP contribution is -2.65. The Morgan fingerprint density at radius 2 is 1.61 bits per heavy atom. The number of carbonyl (C=O) groups is 1. The van der Waals surface area contributed by atoms with Gasteiger partial charge in [-0.15, -0.1) is 0 Å². The summed E-state index contributed by atoms with van der Waals surface area (Å²) in [7, 11) is -2.83. The van der Waals surface area contributed by atoms with Crippen molar-refractivity contribution in [3.63, 3.8) is 0 Å². The van der Waals surface area contributed by atoms with Crippen molar-refractivity contribution in [2.24, 2.45) is 56.7 Å². The van der Waals surface area contributed by atoms with Crippen molar-refractivity contribution in [2.45, 2.75) is 106 Å². The number of benzene rings is 1. The van der Waals surface area contributed by atoms with Gasteiger partial charge in [0.15, 0.2) is 9.84 Å². The second-order valence-electron chi connectivity index (χ2n) is 19.5. The highest BCUT2D eigenvalue weighted by molar-refractivity contribution is 7.91. The van der Waals surface area contributed by atoms with Crippen molar-refractivity contribution in [1.29, 1.82) is 0 Å². The zero-order chi connectivity index (χ0) is 36.6. The maximum absolute atomic E-state index is 11.9. The second-order valence-corrected chi connectivity index (χ2v) is 21.8. The summed E-state index contributed by atoms with van der Waals surface area (Å²) in [6.45, 7) is 24.3. The van der Waals surface area contributed by atoms with Gasteiger partial charge in [0.2, 0.25) is 0 Å². The molecule has 9 atom stereocenters. The largest absolute Gasteiger partial charge is 0.478 e. The summed E-state index contributed by atoms with van der Waals surface area (Å²) in [4.78, 5) is 13.9. The highest BCUT2D eigenvalue weighted by Crippen LogP contribution is 2.78. The van der Waals surface area contributed by atoms with E-state index in [1.54, 1.807) is 12.1 Å². The summed E-state index contributed by atoms with van der Waals surface area (Å²) in [6, 6.07) is 7.61. The number of nitrogens with zero attached hydrogens (tertiary/aromatic N) is 1. The zero-order valence-electron chi connectivity index (χ0n) is 32.5. The summed E-state index contributed by atoms with van der Waals surface area (Å²) >= 11 is 0. The molecule has 0 radical (unpaired) electrons. The molecule has 7 heteroatoms. The van der Waals surface area contributed by atoms with Crippen LogP contribution in [0.3, 0.4) is 0 Å². The van der Waals surface area contributed by atoms with Gasteiger partial charge in [0, 0.05) is 26.2 Å². The van der Waals surface area contributed by atoms with Gasteiger partial charge in [-0.05, 0) is 158 Å². The third-order valence-electron chi connectivity index (χ3n) is 17.1. The summed E-state index contributed by atoms with van der Waals surface area (Å²) in [5.41, 5.74) is 5.64. The number of carboxylic acids is 1. The fourth-order valence-electron chi connectivity index (χ4n) is 14.3. The quantitative estimate of drug-likeness (QED) is 0.196. The minimum absolute atomic E-state index is 0.0216. The van der Waals surface area contributed by atoms with Crippen LogP contribution in [0.2, 0.25) is 0 Å². The third-order valence-corrected chi connectivity index (χ3v) is 18.7. The number of allylic oxidation sites excluding steroid dienone is 3. The molecule has 6 aliphatic rings. The van der Waals surface area contributed by atoms with Gasteiger partial charge in [-0.3, -0.25) is 0 Å². The molecule has 7 rings (SSSR count). The van der Waals surface area contributed by atoms with Gasteiger partial charge in [0.25, 0.3) is 0 Å². The van der Waals surface area contributed by atoms with Crippen molar-refractivity contribution in [3.8, 4) is 0 Å². The fourth-order valence-corrected chi connectivity index (χ4v) is 15.6. The molecule has 0 amide bonds. The Balaban J connectivity index is 1.09. The van der Waals surface area contributed by atoms with Crippen molar-refractivity contribution < 1.29 is 18.3 Å². The van der Waals surface area contributed by atoms with Crippen molar-refractivity contribution in [3.05, 3.63) is 53.6 Å². The number of sulfone groups is 1. The molecule has 0 bridgehead atoms. The molecule has 5 aliphatic carbocycles. The predicted molar refractivity (Wildman–Crippen MR) is 208 cm³/mol. The first-order valence-electron chi connectivity index (χ1n) is 20.3. The second kappa shape index (κ2) is 13.1. The zero-order valence-corrected chi connectivity index (χ0v) is 33.3. The molecule has 2 N–H and O–H groups in total. The van der Waals surface area contributed by atoms with Gasteiger partial charge in [0.05, 0.1) is 17.1 Å². The minimum Gasteiger partial charge on any atom is -0.478 e. The number of carboxylic acid groups (broad SMARTS) is 1. The lowest BCUT2D eigenvalue weighted by molar-refractivity contribution is -0.226. The Hall–Kier alpha value is -1.96. The van der Waals surface area contributed by atoms with Gasteiger partial charge >= 0.3 is 5.97 Å². The first kappa shape index (κ1) is 37.4. The third kappa shape index (κ3) is 6.02. The van der Waals surface area contributed by atoms with Crippen LogP contribution in [-0.4, -0.2) is 68.6 Å². The van der Waals surface area contributed by atoms with E-state index in [9.17, 15) is 18.3 Å². The van der Waals surface area contributed by atoms with Crippen molar-refractivity contribution in [1.82, 2.24) is 10.2 Å². The maximum atomic E-state index is 11.9. The van der Waals surface area contributed by atoms with E-state index in [1.165, 1.54) is 74.5 Å². The van der Waals surface area contributed by atoms with Crippen LogP contribution in [0.25, 0.3) is 5.57 Å². The molecular formula is C44H66N2O4S. The van der Waals surface area contributed by atoms with E-state index < -0.39 is 15.8 Å². The molecule has 282 valence electrons. The average Bonchev–Trinajstić information content (AvgIpc) is 3.45. The van der Waals surface area contributed by atoms with Crippen LogP contribution in [-0.2, 0) is 9.84 Å². The summed E-state index contributed by atoms with van der Waals surface area (Å²) in [5, 5.41) is 13.3. The van der Waals surface area contributed by atoms with Crippen molar-refractivity contribution >= 4 is 21.4 Å². The molecule has 5 fully saturated rings. The molecule has 0 spiro atoms. The van der Waals surface area contributed by atoms with Gasteiger partial charge < -0.3 is 15.3 Å². The Morgan fingerprint density at radius 3 is 2.27 bits per heavy atom. The van der Waals surface area contributed by atoms with E-state index in [1.807, 2.05) is 12.1 Å². The molecule has 1 heterocycles. The number of fused-ring (bicyclic) bond motifs is 7. The molecule has 51 heavy (non-hydrogen) atoms. The molecule has 4 unspecified atom stereocenters. The van der Waals surface area contributed by atoms with Gasteiger partial charge in [-0.1, -0.05) is 65.0 Å². The van der Waals surface area contributed by atoms with Crippen LogP contribution >= 0.6 is 0 Å². The Morgan fingerprint density at radius 1 is 0.902 bits per heavy atom. The van der Waals surface area contributed by atoms with Crippen LogP contribution in [0.15, 0.2) is 42.5 Å². The normalized spacial score (nSPS) is 41.4. The smallest absolute Gasteiger partial charge is 0.335 e. The molecule has 1 aliphatic heterocycles. The summed E-state index contributed by atoms with van der Waals surface area (Å²) in [6.07, 6.45) is 15.4. The van der Waals surface area contributed by atoms with Crippen LogP contribution in [0.5, 0.6) is 0 Å². The molecule has 0 aromatic heterocycles. The average molecular weight is 719 g/mol. The first-order chi connectivity index (χ1) is 24.0. The monoisotopic (exact) mass is 718 g/mol. The highest BCUT2D eigenvalue weighted by Gasteiger charge is 2.70. The number of hydrogen-bond donors (Lipinski definition) is 2. The van der Waals surface area contributed by atoms with E-state index in [-0.39, 0.29) is 10.8 Å². The van der Waals surface area contributed by atoms with Crippen LogP contribution < -0.4 is 5.32 Å². The standard InChI is InChI=1S/C44H66N2O4S/c1-30(2)33-14-19-44(22-23-45-24-25-46-26-28-51(49,50)29-27-46)21-20-42(6)35(38(33)44)12-13-37-41(5)17-15-34(31-8-10-32(11-9-31)39(47)48)40(3,4)36(41)16-18-43(37,42)7/h8-11,15,33,35-38,45H,1,12-14,16-29H2,2-7H3,(H,47,48)/t33-,35?,36?,37?,38?,41-,42+,43+,44+/m0/s1. The van der Waals surface area contributed by atoms with E-state index in [4.69, 9.17) is 0 Å². The number of hydrogen-bond acceptors (Lipinski definition) is 5. The van der Waals surface area contributed by atoms with Crippen LogP contribution in [0.1, 0.15) is 122 Å². The molecular weight excluding hydrogens is 653 g/mol. The van der Waals surface area contributed by atoms with Gasteiger partial charge in [-0.25, -0.2) is 13.2 Å². The topological polar surface area (TPSA) is 86.7 Å². The molecule has 4 saturated carbocycles. The number of aromatic carboxylic acids is 1. The Bertz CT molecular complexity index is 1650. The van der Waals surface area contributed by atoms with E-state index in [0.29, 0.717) is 70.1 Å². The number of rotatable bonds is 9. The Kier molecular flexibility index (Phi) is 9.60. The van der Waals surface area contributed by atoms with Crippen molar-refractivity contribution in [2.75, 3.05) is 44.2 Å². The Labute approximate surface area is 309 Å². The number of nitrogens with one attached hydrogen (secondary N) is 1. The van der Waals surface area contributed by atoms with Gasteiger partial charge in [-0.2, -0.15) is 0 Å². The summed E-state index contributed by atoms with van der Waals surface area (Å²) in [5.74, 6) is 3.12. The van der Waals surface area contributed by atoms with E-state index >= 15 is 0 Å². The van der Waals surface area contributed by atoms with Crippen LogP contribution in [0.4, 0.5) is 0 Å². The molecule has 6 nitrogen and oxygen atoms in total. The van der Waals surface area contributed by atoms with Gasteiger partial charge in [0.1, 0.15) is 0 Å². The first-order valence-corrected chi connectivity index (χ1v) is 22.1. The SMILES string of the molecule is C=C(C)[C@@H]1CC[C@]2(CCNCCN3CCS(=O)(=O)CC3)CC[C@]3(C)C(CCC4[C@@]5(C)CC=C(c6ccc(C(=O)O)cc6)C(C)(C)C5CC[C@]43C)C12. The lowest BCUT2D eigenvalue weighted by Gasteiger charge is -2.72. The maximum Gasteiger partial charge on any atom is 0.335 e. The molecule has 1 aromatic carbocycles. The lowest BCUT2D eigenvalue weighted by atomic mass is 9.32. The highest BCUT2D eigenvalue weighted by atomic mass is 32.2. The van der Waals surface area contributed by atoms with Crippen LogP contribution in [0, 0.1) is 56.7 Å².